The van der Waals surface area contributed by atoms with Crippen LogP contribution in [-0.2, 0) is 18.6 Å². The van der Waals surface area contributed by atoms with Crippen LogP contribution in [0.1, 0.15) is 29.5 Å². The molecule has 1 saturated heterocycles. The quantitative estimate of drug-likeness (QED) is 0.682. The zero-order valence-corrected chi connectivity index (χ0v) is 15.6. The molecule has 2 atom stereocenters. The highest BCUT2D eigenvalue weighted by molar-refractivity contribution is 5.92. The molecule has 0 bridgehead atoms. The van der Waals surface area contributed by atoms with Gasteiger partial charge < -0.3 is 16.0 Å². The van der Waals surface area contributed by atoms with E-state index in [0.29, 0.717) is 11.9 Å². The van der Waals surface area contributed by atoms with Gasteiger partial charge in [-0.15, -0.1) is 0 Å². The predicted molar refractivity (Wildman–Crippen MR) is 106 cm³/mol. The fourth-order valence-corrected chi connectivity index (χ4v) is 4.36. The molecule has 2 heterocycles. The van der Waals surface area contributed by atoms with Crippen molar-refractivity contribution >= 4 is 5.84 Å². The first kappa shape index (κ1) is 17.5. The van der Waals surface area contributed by atoms with Crippen molar-refractivity contribution in [3.8, 4) is 0 Å². The normalized spacial score (nSPS) is 30.2. The lowest BCUT2D eigenvalue weighted by atomic mass is 9.97. The van der Waals surface area contributed by atoms with Crippen molar-refractivity contribution in [2.75, 3.05) is 33.2 Å². The van der Waals surface area contributed by atoms with E-state index in [4.69, 9.17) is 11.5 Å². The Kier molecular flexibility index (Phi) is 4.73. The molecule has 0 amide bonds. The van der Waals surface area contributed by atoms with E-state index < -0.39 is 5.79 Å². The van der Waals surface area contributed by atoms with E-state index in [1.165, 1.54) is 50.1 Å². The Balaban J connectivity index is 1.50. The van der Waals surface area contributed by atoms with E-state index in [-0.39, 0.29) is 0 Å². The summed E-state index contributed by atoms with van der Waals surface area (Å²) < 4.78 is 0. The molecule has 1 aliphatic carbocycles. The van der Waals surface area contributed by atoms with Crippen LogP contribution in [0.3, 0.4) is 0 Å². The molecule has 1 fully saturated rings. The van der Waals surface area contributed by atoms with Gasteiger partial charge in [-0.05, 0) is 56.0 Å². The fourth-order valence-electron chi connectivity index (χ4n) is 4.36. The van der Waals surface area contributed by atoms with Crippen molar-refractivity contribution in [2.24, 2.45) is 16.5 Å². The number of nitrogens with one attached hydrogen (secondary N) is 1. The molecule has 0 aromatic heterocycles. The first-order valence-corrected chi connectivity index (χ1v) is 9.67. The van der Waals surface area contributed by atoms with Crippen LogP contribution >= 0.6 is 0 Å². The SMILES string of the molecule is CN1CCN(C2CCc3ccc(C4(N)N=C(N)C=CN4)cc3CC2)CC1. The minimum absolute atomic E-state index is 0.455. The third-order valence-corrected chi connectivity index (χ3v) is 6.06. The van der Waals surface area contributed by atoms with Crippen molar-refractivity contribution in [1.29, 1.82) is 0 Å². The Hall–Kier alpha value is -1.89. The predicted octanol–water partition coefficient (Wildman–Crippen LogP) is 0.725. The Labute approximate surface area is 155 Å². The number of nitrogens with two attached hydrogens (primary N) is 2. The van der Waals surface area contributed by atoms with Gasteiger partial charge in [0.2, 0.25) is 5.79 Å². The molecule has 5 N–H and O–H groups in total. The first-order valence-electron chi connectivity index (χ1n) is 9.67. The molecule has 1 aromatic rings. The van der Waals surface area contributed by atoms with Crippen LogP contribution in [0, 0.1) is 0 Å². The zero-order valence-electron chi connectivity index (χ0n) is 15.6. The highest BCUT2D eigenvalue weighted by Gasteiger charge is 2.29. The third kappa shape index (κ3) is 3.49. The number of aliphatic imine (C=N–C) groups is 1. The first-order chi connectivity index (χ1) is 12.5. The van der Waals surface area contributed by atoms with Gasteiger partial charge in [-0.1, -0.05) is 12.1 Å². The second-order valence-electron chi connectivity index (χ2n) is 7.83. The van der Waals surface area contributed by atoms with Crippen LogP contribution in [0.5, 0.6) is 0 Å². The molecule has 3 aliphatic rings. The van der Waals surface area contributed by atoms with E-state index in [1.807, 2.05) is 0 Å². The summed E-state index contributed by atoms with van der Waals surface area (Å²) in [5.74, 6) is -0.506. The number of piperazine rings is 1. The Morgan fingerprint density at radius 2 is 1.85 bits per heavy atom. The van der Waals surface area contributed by atoms with Gasteiger partial charge in [-0.3, -0.25) is 10.6 Å². The molecule has 6 nitrogen and oxygen atoms in total. The molecule has 26 heavy (non-hydrogen) atoms. The summed E-state index contributed by atoms with van der Waals surface area (Å²) in [7, 11) is 2.22. The number of rotatable bonds is 2. The average molecular weight is 355 g/mol. The smallest absolute Gasteiger partial charge is 0.211 e. The lowest BCUT2D eigenvalue weighted by Gasteiger charge is -2.37. The Bertz CT molecular complexity index is 719. The average Bonchev–Trinajstić information content (AvgIpc) is 2.84. The van der Waals surface area contributed by atoms with E-state index in [1.54, 1.807) is 12.3 Å². The number of amidine groups is 1. The Morgan fingerprint density at radius 1 is 1.12 bits per heavy atom. The summed E-state index contributed by atoms with van der Waals surface area (Å²) in [4.78, 5) is 9.53. The van der Waals surface area contributed by atoms with Gasteiger partial charge in [0.1, 0.15) is 5.84 Å². The minimum Gasteiger partial charge on any atom is -0.384 e. The zero-order chi connectivity index (χ0) is 18.1. The third-order valence-electron chi connectivity index (χ3n) is 6.06. The lowest BCUT2D eigenvalue weighted by Crippen LogP contribution is -2.49. The highest BCUT2D eigenvalue weighted by atomic mass is 15.3. The summed E-state index contributed by atoms with van der Waals surface area (Å²) in [6, 6.07) is 7.25. The lowest BCUT2D eigenvalue weighted by molar-refractivity contribution is 0.104. The van der Waals surface area contributed by atoms with Crippen molar-refractivity contribution < 1.29 is 0 Å². The molecule has 4 rings (SSSR count). The van der Waals surface area contributed by atoms with Crippen LogP contribution in [0.25, 0.3) is 0 Å². The van der Waals surface area contributed by atoms with E-state index >= 15 is 0 Å². The maximum atomic E-state index is 6.46. The summed E-state index contributed by atoms with van der Waals surface area (Å²) in [6.07, 6.45) is 8.22. The van der Waals surface area contributed by atoms with Crippen LogP contribution in [-0.4, -0.2) is 54.9 Å². The van der Waals surface area contributed by atoms with Crippen LogP contribution in [0.2, 0.25) is 0 Å². The van der Waals surface area contributed by atoms with Crippen LogP contribution < -0.4 is 16.8 Å². The van der Waals surface area contributed by atoms with E-state index in [0.717, 1.165) is 18.4 Å². The van der Waals surface area contributed by atoms with Gasteiger partial charge >= 0.3 is 0 Å². The molecule has 0 radical (unpaired) electrons. The highest BCUT2D eigenvalue weighted by Crippen LogP contribution is 2.28. The molecule has 2 aliphatic heterocycles. The van der Waals surface area contributed by atoms with E-state index in [9.17, 15) is 0 Å². The number of fused-ring (bicyclic) bond motifs is 1. The van der Waals surface area contributed by atoms with Gasteiger partial charge in [0.15, 0.2) is 0 Å². The van der Waals surface area contributed by atoms with Crippen LogP contribution in [0.15, 0.2) is 35.5 Å². The van der Waals surface area contributed by atoms with Gasteiger partial charge in [0, 0.05) is 44.0 Å². The monoisotopic (exact) mass is 354 g/mol. The molecule has 140 valence electrons. The number of hydrogen-bond acceptors (Lipinski definition) is 6. The number of likely N-dealkylation sites (N-methyl/N-ethyl adjacent to an activating group) is 1. The molecule has 0 spiro atoms. The molecule has 1 aromatic carbocycles. The van der Waals surface area contributed by atoms with Gasteiger partial charge in [-0.25, -0.2) is 4.99 Å². The van der Waals surface area contributed by atoms with Crippen molar-refractivity contribution in [1.82, 2.24) is 15.1 Å². The summed E-state index contributed by atoms with van der Waals surface area (Å²) in [5.41, 5.74) is 16.2. The molecule has 0 saturated carbocycles. The van der Waals surface area contributed by atoms with Crippen LogP contribution in [0.4, 0.5) is 0 Å². The van der Waals surface area contributed by atoms with Gasteiger partial charge in [0.05, 0.1) is 0 Å². The molecule has 2 unspecified atom stereocenters. The summed E-state index contributed by atoms with van der Waals surface area (Å²) >= 11 is 0. The van der Waals surface area contributed by atoms with E-state index in [2.05, 4.69) is 45.4 Å². The second kappa shape index (κ2) is 7.02. The number of benzene rings is 1. The number of hydrogen-bond donors (Lipinski definition) is 3. The maximum absolute atomic E-state index is 6.46. The number of aryl methyl sites for hydroxylation is 2. The molecular weight excluding hydrogens is 324 g/mol. The van der Waals surface area contributed by atoms with Gasteiger partial charge in [0.25, 0.3) is 0 Å². The maximum Gasteiger partial charge on any atom is 0.211 e. The van der Waals surface area contributed by atoms with Gasteiger partial charge in [-0.2, -0.15) is 0 Å². The Morgan fingerprint density at radius 3 is 2.58 bits per heavy atom. The topological polar surface area (TPSA) is 82.9 Å². The number of nitrogens with zero attached hydrogens (tertiary/aromatic N) is 3. The standard InChI is InChI=1S/C20H30N6/c1-25-10-12-26(13-11-25)18-6-3-15-2-5-17(14-16(15)4-7-18)20(22)23-9-8-19(21)24-20/h2,5,8-9,14,18,23H,3-4,6-7,10-13,22H2,1H3,(H2,21,24). The summed E-state index contributed by atoms with van der Waals surface area (Å²) in [6.45, 7) is 4.75. The largest absolute Gasteiger partial charge is 0.384 e. The molecule has 6 heteroatoms. The summed E-state index contributed by atoms with van der Waals surface area (Å²) in [5, 5.41) is 3.15. The second-order valence-corrected chi connectivity index (χ2v) is 7.83. The fraction of sp³-hybridized carbons (Fsp3) is 0.550. The van der Waals surface area contributed by atoms with Crippen molar-refractivity contribution in [3.05, 3.63) is 47.2 Å². The van der Waals surface area contributed by atoms with Crippen molar-refractivity contribution in [2.45, 2.75) is 37.5 Å². The minimum atomic E-state index is -0.961. The molecular formula is C20H30N6. The van der Waals surface area contributed by atoms with Crippen molar-refractivity contribution in [3.63, 3.8) is 0 Å².